The van der Waals surface area contributed by atoms with Crippen molar-refractivity contribution in [2.24, 2.45) is 5.92 Å². The summed E-state index contributed by atoms with van der Waals surface area (Å²) in [6, 6.07) is 7.66. The monoisotopic (exact) mass is 237 g/mol. The van der Waals surface area contributed by atoms with E-state index in [1.165, 1.54) is 12.8 Å². The molecule has 1 saturated carbocycles. The maximum Gasteiger partial charge on any atom is 0.220 e. The van der Waals surface area contributed by atoms with Crippen LogP contribution in [0.2, 0.25) is 5.02 Å². The molecule has 2 rings (SSSR count). The van der Waals surface area contributed by atoms with E-state index in [9.17, 15) is 4.79 Å². The summed E-state index contributed by atoms with van der Waals surface area (Å²) in [5.74, 6) is 0.904. The molecule has 0 spiro atoms. The highest BCUT2D eigenvalue weighted by Crippen LogP contribution is 2.27. The minimum absolute atomic E-state index is 0.154. The lowest BCUT2D eigenvalue weighted by molar-refractivity contribution is -0.121. The molecule has 3 heteroatoms. The van der Waals surface area contributed by atoms with Crippen molar-refractivity contribution >= 4 is 17.5 Å². The minimum atomic E-state index is 0.154. The number of carbonyl (C=O) groups excluding carboxylic acids is 1. The number of aryl methyl sites for hydroxylation is 1. The first-order valence-electron chi connectivity index (χ1n) is 5.75. The van der Waals surface area contributed by atoms with E-state index in [0.29, 0.717) is 6.42 Å². The molecular weight excluding hydrogens is 222 g/mol. The quantitative estimate of drug-likeness (QED) is 0.839. The molecule has 0 atom stereocenters. The molecule has 86 valence electrons. The predicted octanol–water partition coefficient (Wildman–Crippen LogP) is 2.80. The molecule has 1 amide bonds. The van der Waals surface area contributed by atoms with Crippen LogP contribution in [0.15, 0.2) is 24.3 Å². The van der Waals surface area contributed by atoms with Crippen molar-refractivity contribution in [1.82, 2.24) is 5.32 Å². The molecule has 2 nitrogen and oxygen atoms in total. The van der Waals surface area contributed by atoms with Gasteiger partial charge in [0.25, 0.3) is 0 Å². The van der Waals surface area contributed by atoms with E-state index in [2.05, 4.69) is 5.32 Å². The van der Waals surface area contributed by atoms with Gasteiger partial charge >= 0.3 is 0 Å². The highest BCUT2D eigenvalue weighted by molar-refractivity contribution is 6.30. The van der Waals surface area contributed by atoms with Gasteiger partial charge in [0.2, 0.25) is 5.91 Å². The van der Waals surface area contributed by atoms with Gasteiger partial charge in [-0.2, -0.15) is 0 Å². The lowest BCUT2D eigenvalue weighted by Gasteiger charge is -2.04. The smallest absolute Gasteiger partial charge is 0.220 e. The zero-order chi connectivity index (χ0) is 11.4. The van der Waals surface area contributed by atoms with Crippen LogP contribution in [0.1, 0.15) is 24.8 Å². The molecule has 16 heavy (non-hydrogen) atoms. The molecule has 1 aromatic carbocycles. The summed E-state index contributed by atoms with van der Waals surface area (Å²) in [5.41, 5.74) is 1.16. The molecule has 0 aromatic heterocycles. The summed E-state index contributed by atoms with van der Waals surface area (Å²) in [6.45, 7) is 0.861. The van der Waals surface area contributed by atoms with Gasteiger partial charge in [0.1, 0.15) is 0 Å². The Kier molecular flexibility index (Phi) is 3.83. The topological polar surface area (TPSA) is 29.1 Å². The Bertz CT molecular complexity index is 357. The van der Waals surface area contributed by atoms with Gasteiger partial charge < -0.3 is 5.32 Å². The first-order chi connectivity index (χ1) is 7.74. The number of carbonyl (C=O) groups is 1. The van der Waals surface area contributed by atoms with Gasteiger partial charge in [-0.05, 0) is 42.9 Å². The zero-order valence-electron chi connectivity index (χ0n) is 9.21. The third-order valence-electron chi connectivity index (χ3n) is 2.84. The number of halogens is 1. The molecule has 0 radical (unpaired) electrons. The van der Waals surface area contributed by atoms with Crippen molar-refractivity contribution in [2.75, 3.05) is 6.54 Å². The SMILES string of the molecule is O=C(CCc1ccc(Cl)cc1)NCC1CC1. The number of nitrogens with one attached hydrogen (secondary N) is 1. The predicted molar refractivity (Wildman–Crippen MR) is 65.5 cm³/mol. The highest BCUT2D eigenvalue weighted by atomic mass is 35.5. The van der Waals surface area contributed by atoms with E-state index in [1.807, 2.05) is 24.3 Å². The minimum Gasteiger partial charge on any atom is -0.356 e. The molecule has 0 bridgehead atoms. The van der Waals surface area contributed by atoms with E-state index in [1.54, 1.807) is 0 Å². The van der Waals surface area contributed by atoms with Gasteiger partial charge in [0.15, 0.2) is 0 Å². The normalized spacial score (nSPS) is 14.8. The van der Waals surface area contributed by atoms with E-state index >= 15 is 0 Å². The number of rotatable bonds is 5. The summed E-state index contributed by atoms with van der Waals surface area (Å²) >= 11 is 5.79. The van der Waals surface area contributed by atoms with Gasteiger partial charge in [-0.15, -0.1) is 0 Å². The largest absolute Gasteiger partial charge is 0.356 e. The molecule has 1 aromatic rings. The Morgan fingerprint density at radius 2 is 2.00 bits per heavy atom. The van der Waals surface area contributed by atoms with Crippen LogP contribution in [0.5, 0.6) is 0 Å². The number of hydrogen-bond acceptors (Lipinski definition) is 1. The van der Waals surface area contributed by atoms with E-state index in [4.69, 9.17) is 11.6 Å². The van der Waals surface area contributed by atoms with Crippen molar-refractivity contribution in [3.63, 3.8) is 0 Å². The molecule has 0 unspecified atom stereocenters. The number of benzene rings is 1. The third-order valence-corrected chi connectivity index (χ3v) is 3.09. The molecule has 1 fully saturated rings. The Morgan fingerprint density at radius 1 is 1.31 bits per heavy atom. The molecule has 0 aliphatic heterocycles. The Hall–Kier alpha value is -1.02. The van der Waals surface area contributed by atoms with Crippen LogP contribution >= 0.6 is 11.6 Å². The van der Waals surface area contributed by atoms with Crippen LogP contribution < -0.4 is 5.32 Å². The second-order valence-electron chi connectivity index (χ2n) is 4.37. The number of amides is 1. The van der Waals surface area contributed by atoms with Crippen molar-refractivity contribution < 1.29 is 4.79 Å². The van der Waals surface area contributed by atoms with Crippen LogP contribution in [-0.2, 0) is 11.2 Å². The van der Waals surface area contributed by atoms with E-state index in [-0.39, 0.29) is 5.91 Å². The first kappa shape index (κ1) is 11.5. The fraction of sp³-hybridized carbons (Fsp3) is 0.462. The Morgan fingerprint density at radius 3 is 2.62 bits per heavy atom. The molecule has 1 N–H and O–H groups in total. The summed E-state index contributed by atoms with van der Waals surface area (Å²) in [5, 5.41) is 3.70. The van der Waals surface area contributed by atoms with E-state index < -0.39 is 0 Å². The second kappa shape index (κ2) is 5.35. The van der Waals surface area contributed by atoms with Crippen LogP contribution in [0.4, 0.5) is 0 Å². The van der Waals surface area contributed by atoms with Crippen molar-refractivity contribution in [3.05, 3.63) is 34.9 Å². The van der Waals surface area contributed by atoms with Crippen molar-refractivity contribution in [2.45, 2.75) is 25.7 Å². The summed E-state index contributed by atoms with van der Waals surface area (Å²) in [6.07, 6.45) is 3.90. The van der Waals surface area contributed by atoms with Crippen molar-refractivity contribution in [1.29, 1.82) is 0 Å². The molecule has 0 heterocycles. The first-order valence-corrected chi connectivity index (χ1v) is 6.13. The highest BCUT2D eigenvalue weighted by Gasteiger charge is 2.21. The summed E-state index contributed by atoms with van der Waals surface area (Å²) in [4.78, 5) is 11.5. The Balaban J connectivity index is 1.69. The molecular formula is C13H16ClNO. The average molecular weight is 238 g/mol. The van der Waals surface area contributed by atoms with Gasteiger partial charge in [-0.1, -0.05) is 23.7 Å². The Labute approximate surface area is 101 Å². The standard InChI is InChI=1S/C13H16ClNO/c14-12-6-3-10(4-7-12)5-8-13(16)15-9-11-1-2-11/h3-4,6-7,11H,1-2,5,8-9H2,(H,15,16). The fourth-order valence-corrected chi connectivity index (χ4v) is 1.70. The van der Waals surface area contributed by atoms with Crippen molar-refractivity contribution in [3.8, 4) is 0 Å². The lowest BCUT2D eigenvalue weighted by Crippen LogP contribution is -2.25. The van der Waals surface area contributed by atoms with Gasteiger partial charge in [-0.3, -0.25) is 4.79 Å². The van der Waals surface area contributed by atoms with Gasteiger partial charge in [-0.25, -0.2) is 0 Å². The average Bonchev–Trinajstić information content (AvgIpc) is 3.09. The maximum absolute atomic E-state index is 11.5. The maximum atomic E-state index is 11.5. The van der Waals surface area contributed by atoms with Gasteiger partial charge in [0.05, 0.1) is 0 Å². The third kappa shape index (κ3) is 3.86. The zero-order valence-corrected chi connectivity index (χ0v) is 9.96. The van der Waals surface area contributed by atoms with Crippen LogP contribution in [0.25, 0.3) is 0 Å². The molecule has 0 saturated heterocycles. The number of hydrogen-bond donors (Lipinski definition) is 1. The molecule has 1 aliphatic rings. The van der Waals surface area contributed by atoms with Crippen LogP contribution in [-0.4, -0.2) is 12.5 Å². The molecule has 1 aliphatic carbocycles. The van der Waals surface area contributed by atoms with Gasteiger partial charge in [0, 0.05) is 18.0 Å². The second-order valence-corrected chi connectivity index (χ2v) is 4.81. The summed E-state index contributed by atoms with van der Waals surface area (Å²) < 4.78 is 0. The summed E-state index contributed by atoms with van der Waals surface area (Å²) in [7, 11) is 0. The van der Waals surface area contributed by atoms with Crippen LogP contribution in [0.3, 0.4) is 0 Å². The fourth-order valence-electron chi connectivity index (χ4n) is 1.58. The van der Waals surface area contributed by atoms with Crippen LogP contribution in [0, 0.1) is 5.92 Å². The van der Waals surface area contributed by atoms with E-state index in [0.717, 1.165) is 29.5 Å². The lowest BCUT2D eigenvalue weighted by atomic mass is 10.1.